The molecule has 1 unspecified atom stereocenters. The molecule has 0 spiro atoms. The molecule has 6 heteroatoms. The number of aromatic carboxylic acids is 1. The van der Waals surface area contributed by atoms with Crippen LogP contribution in [-0.2, 0) is 13.0 Å². The average molecular weight is 232 g/mol. The Balaban J connectivity index is 0.00000112. The molecule has 0 bridgehead atoms. The maximum Gasteiger partial charge on any atom is 0.339 e. The lowest BCUT2D eigenvalue weighted by Gasteiger charge is -2.22. The number of nitrogens with two attached hydrogens (primary N) is 1. The maximum absolute atomic E-state index is 10.8. The molecule has 1 atom stereocenters. The molecular weight excluding hydrogens is 218 g/mol. The lowest BCUT2D eigenvalue weighted by molar-refractivity contribution is 0.0694. The maximum atomic E-state index is 10.8. The molecule has 2 rings (SSSR count). The van der Waals surface area contributed by atoms with Crippen LogP contribution in [0.1, 0.15) is 22.5 Å². The van der Waals surface area contributed by atoms with Gasteiger partial charge >= 0.3 is 5.97 Å². The van der Waals surface area contributed by atoms with E-state index in [0.717, 1.165) is 25.1 Å². The van der Waals surface area contributed by atoms with Crippen molar-refractivity contribution in [2.24, 2.45) is 11.7 Å². The fourth-order valence-electron chi connectivity index (χ4n) is 1.88. The first-order valence-electron chi connectivity index (χ1n) is 4.70. The largest absolute Gasteiger partial charge is 0.478 e. The van der Waals surface area contributed by atoms with Crippen LogP contribution in [-0.4, -0.2) is 27.4 Å². The van der Waals surface area contributed by atoms with E-state index in [1.54, 1.807) is 4.68 Å². The van der Waals surface area contributed by atoms with Gasteiger partial charge in [-0.3, -0.25) is 4.68 Å². The van der Waals surface area contributed by atoms with E-state index in [4.69, 9.17) is 10.8 Å². The van der Waals surface area contributed by atoms with Crippen molar-refractivity contribution in [1.29, 1.82) is 0 Å². The van der Waals surface area contributed by atoms with Gasteiger partial charge in [-0.2, -0.15) is 5.10 Å². The van der Waals surface area contributed by atoms with E-state index in [1.807, 2.05) is 0 Å². The van der Waals surface area contributed by atoms with Crippen LogP contribution in [0.15, 0.2) is 6.20 Å². The molecule has 15 heavy (non-hydrogen) atoms. The number of rotatable bonds is 2. The van der Waals surface area contributed by atoms with Gasteiger partial charge in [0.2, 0.25) is 0 Å². The highest BCUT2D eigenvalue weighted by atomic mass is 35.5. The second-order valence-corrected chi connectivity index (χ2v) is 3.63. The predicted octanol–water partition coefficient (Wildman–Crippen LogP) is 0.524. The Morgan fingerprint density at radius 3 is 3.07 bits per heavy atom. The highest BCUT2D eigenvalue weighted by Gasteiger charge is 2.23. The quantitative estimate of drug-likeness (QED) is 0.778. The summed E-state index contributed by atoms with van der Waals surface area (Å²) in [5.41, 5.74) is 6.72. The van der Waals surface area contributed by atoms with Crippen molar-refractivity contribution in [3.8, 4) is 0 Å². The number of hydrogen-bond donors (Lipinski definition) is 2. The summed E-state index contributed by atoms with van der Waals surface area (Å²) in [6.45, 7) is 1.40. The number of aryl methyl sites for hydroxylation is 1. The monoisotopic (exact) mass is 231 g/mol. The summed E-state index contributed by atoms with van der Waals surface area (Å²) in [7, 11) is 0. The van der Waals surface area contributed by atoms with Crippen molar-refractivity contribution in [3.63, 3.8) is 0 Å². The number of halogens is 1. The molecule has 5 nitrogen and oxygen atoms in total. The van der Waals surface area contributed by atoms with Crippen LogP contribution in [0.25, 0.3) is 0 Å². The Kier molecular flexibility index (Phi) is 3.71. The minimum Gasteiger partial charge on any atom is -0.478 e. The van der Waals surface area contributed by atoms with E-state index in [2.05, 4.69) is 5.10 Å². The highest BCUT2D eigenvalue weighted by Crippen LogP contribution is 2.21. The van der Waals surface area contributed by atoms with Crippen molar-refractivity contribution in [1.82, 2.24) is 9.78 Å². The second-order valence-electron chi connectivity index (χ2n) is 3.63. The van der Waals surface area contributed by atoms with Crippen LogP contribution in [0.2, 0.25) is 0 Å². The van der Waals surface area contributed by atoms with Crippen LogP contribution in [0, 0.1) is 5.92 Å². The molecule has 0 aromatic carbocycles. The Morgan fingerprint density at radius 2 is 2.47 bits per heavy atom. The van der Waals surface area contributed by atoms with Gasteiger partial charge in [-0.25, -0.2) is 4.79 Å². The molecule has 0 fully saturated rings. The fourth-order valence-corrected chi connectivity index (χ4v) is 1.88. The molecule has 1 aromatic heterocycles. The van der Waals surface area contributed by atoms with E-state index in [0.29, 0.717) is 18.0 Å². The zero-order valence-corrected chi connectivity index (χ0v) is 9.04. The normalized spacial score (nSPS) is 19.1. The summed E-state index contributed by atoms with van der Waals surface area (Å²) in [6.07, 6.45) is 3.15. The van der Waals surface area contributed by atoms with Gasteiger partial charge in [-0.1, -0.05) is 0 Å². The fraction of sp³-hybridized carbons (Fsp3) is 0.556. The molecule has 1 aromatic rings. The predicted molar refractivity (Wildman–Crippen MR) is 57.3 cm³/mol. The van der Waals surface area contributed by atoms with E-state index in [1.165, 1.54) is 6.20 Å². The number of carbonyl (C=O) groups is 1. The van der Waals surface area contributed by atoms with Crippen molar-refractivity contribution >= 4 is 18.4 Å². The average Bonchev–Trinajstić information content (AvgIpc) is 2.59. The van der Waals surface area contributed by atoms with Gasteiger partial charge in [0, 0.05) is 6.54 Å². The van der Waals surface area contributed by atoms with Crippen molar-refractivity contribution in [2.45, 2.75) is 19.4 Å². The molecule has 0 amide bonds. The molecule has 1 aliphatic rings. The van der Waals surface area contributed by atoms with Crippen LogP contribution < -0.4 is 5.73 Å². The number of nitrogens with zero attached hydrogens (tertiary/aromatic N) is 2. The summed E-state index contributed by atoms with van der Waals surface area (Å²) in [4.78, 5) is 10.8. The van der Waals surface area contributed by atoms with Gasteiger partial charge in [0.1, 0.15) is 5.56 Å². The third-order valence-electron chi connectivity index (χ3n) is 2.74. The van der Waals surface area contributed by atoms with Crippen LogP contribution in [0.4, 0.5) is 0 Å². The topological polar surface area (TPSA) is 81.1 Å². The third kappa shape index (κ3) is 2.13. The number of carboxylic acid groups (broad SMARTS) is 1. The van der Waals surface area contributed by atoms with Gasteiger partial charge in [-0.05, 0) is 25.3 Å². The van der Waals surface area contributed by atoms with Crippen LogP contribution in [0.3, 0.4) is 0 Å². The molecule has 2 heterocycles. The highest BCUT2D eigenvalue weighted by molar-refractivity contribution is 5.88. The lowest BCUT2D eigenvalue weighted by atomic mass is 9.95. The molecule has 0 saturated heterocycles. The van der Waals surface area contributed by atoms with Gasteiger partial charge in [0.05, 0.1) is 11.9 Å². The SMILES string of the molecule is Cl.NCC1CCn2ncc(C(=O)O)c2C1. The van der Waals surface area contributed by atoms with Crippen LogP contribution in [0.5, 0.6) is 0 Å². The van der Waals surface area contributed by atoms with Crippen LogP contribution >= 0.6 is 12.4 Å². The van der Waals surface area contributed by atoms with Gasteiger partial charge < -0.3 is 10.8 Å². The van der Waals surface area contributed by atoms with E-state index < -0.39 is 5.97 Å². The van der Waals surface area contributed by atoms with Crippen molar-refractivity contribution in [3.05, 3.63) is 17.5 Å². The molecule has 3 N–H and O–H groups in total. The number of aromatic nitrogens is 2. The van der Waals surface area contributed by atoms with Gasteiger partial charge in [0.25, 0.3) is 0 Å². The van der Waals surface area contributed by atoms with E-state index in [9.17, 15) is 4.79 Å². The summed E-state index contributed by atoms with van der Waals surface area (Å²) in [5.74, 6) is -0.499. The molecular formula is C9H14ClN3O2. The van der Waals surface area contributed by atoms with Gasteiger partial charge in [0.15, 0.2) is 0 Å². The Morgan fingerprint density at radius 1 is 1.73 bits per heavy atom. The zero-order valence-electron chi connectivity index (χ0n) is 8.22. The Hall–Kier alpha value is -1.07. The third-order valence-corrected chi connectivity index (χ3v) is 2.74. The Bertz CT molecular complexity index is 364. The van der Waals surface area contributed by atoms with E-state index >= 15 is 0 Å². The van der Waals surface area contributed by atoms with E-state index in [-0.39, 0.29) is 12.4 Å². The molecule has 1 aliphatic heterocycles. The molecule has 0 saturated carbocycles. The zero-order chi connectivity index (χ0) is 10.1. The summed E-state index contributed by atoms with van der Waals surface area (Å²) in [5, 5.41) is 12.9. The Labute approximate surface area is 93.7 Å². The minimum absolute atomic E-state index is 0. The molecule has 0 aliphatic carbocycles. The number of hydrogen-bond acceptors (Lipinski definition) is 3. The van der Waals surface area contributed by atoms with Crippen molar-refractivity contribution < 1.29 is 9.90 Å². The first-order valence-corrected chi connectivity index (χ1v) is 4.70. The second kappa shape index (κ2) is 4.63. The number of carboxylic acids is 1. The minimum atomic E-state index is -0.899. The van der Waals surface area contributed by atoms with Crippen molar-refractivity contribution in [2.75, 3.05) is 6.54 Å². The smallest absolute Gasteiger partial charge is 0.339 e. The molecule has 0 radical (unpaired) electrons. The molecule has 84 valence electrons. The summed E-state index contributed by atoms with van der Waals surface area (Å²) in [6, 6.07) is 0. The standard InChI is InChI=1S/C9H13N3O2.ClH/c10-4-6-1-2-12-8(3-6)7(5-11-12)9(13)14;/h5-6H,1-4,10H2,(H,13,14);1H. The summed E-state index contributed by atoms with van der Waals surface area (Å²) >= 11 is 0. The first-order chi connectivity index (χ1) is 6.72. The summed E-state index contributed by atoms with van der Waals surface area (Å²) < 4.78 is 1.77. The van der Waals surface area contributed by atoms with Gasteiger partial charge in [-0.15, -0.1) is 12.4 Å². The first kappa shape index (κ1) is 12.0. The lowest BCUT2D eigenvalue weighted by Crippen LogP contribution is -2.26. The number of fused-ring (bicyclic) bond motifs is 1.